The summed E-state index contributed by atoms with van der Waals surface area (Å²) in [4.78, 5) is 4.22. The van der Waals surface area contributed by atoms with Crippen LogP contribution in [0.15, 0.2) is 18.5 Å². The summed E-state index contributed by atoms with van der Waals surface area (Å²) in [5.74, 6) is 0.770. The van der Waals surface area contributed by atoms with Gasteiger partial charge in [-0.05, 0) is 24.8 Å². The molecule has 1 aliphatic rings. The van der Waals surface area contributed by atoms with Crippen LogP contribution in [-0.2, 0) is 0 Å². The van der Waals surface area contributed by atoms with Crippen molar-refractivity contribution in [3.8, 4) is 0 Å². The first-order valence-corrected chi connectivity index (χ1v) is 6.19. The van der Waals surface area contributed by atoms with Crippen molar-refractivity contribution in [3.63, 3.8) is 0 Å². The molecule has 0 aliphatic heterocycles. The summed E-state index contributed by atoms with van der Waals surface area (Å²) in [5.41, 5.74) is 2.19. The van der Waals surface area contributed by atoms with Crippen molar-refractivity contribution in [2.45, 2.75) is 38.6 Å². The molecule has 1 aliphatic carbocycles. The third-order valence-corrected chi connectivity index (χ3v) is 3.49. The largest absolute Gasteiger partial charge is 0.387 e. The van der Waals surface area contributed by atoms with Gasteiger partial charge in [0.25, 0.3) is 0 Å². The van der Waals surface area contributed by atoms with E-state index in [1.807, 2.05) is 19.4 Å². The lowest BCUT2D eigenvalue weighted by molar-refractivity contribution is 0.349. The first-order valence-electron chi connectivity index (χ1n) is 6.19. The van der Waals surface area contributed by atoms with Crippen molar-refractivity contribution in [2.75, 3.05) is 17.7 Å². The van der Waals surface area contributed by atoms with Gasteiger partial charge < -0.3 is 10.6 Å². The van der Waals surface area contributed by atoms with Crippen molar-refractivity contribution < 1.29 is 0 Å². The number of hydrogen-bond donors (Lipinski definition) is 2. The van der Waals surface area contributed by atoms with E-state index in [2.05, 4.69) is 28.6 Å². The fourth-order valence-electron chi connectivity index (χ4n) is 2.40. The van der Waals surface area contributed by atoms with Crippen LogP contribution in [0, 0.1) is 5.92 Å². The zero-order valence-electron chi connectivity index (χ0n) is 10.2. The molecule has 1 fully saturated rings. The van der Waals surface area contributed by atoms with Crippen molar-refractivity contribution in [3.05, 3.63) is 18.5 Å². The maximum absolute atomic E-state index is 4.22. The Kier molecular flexibility index (Phi) is 3.65. The molecule has 0 saturated heterocycles. The molecule has 1 heterocycles. The Labute approximate surface area is 97.7 Å². The molecule has 16 heavy (non-hydrogen) atoms. The molecule has 0 aromatic carbocycles. The molecule has 0 bridgehead atoms. The molecule has 2 rings (SSSR count). The minimum Gasteiger partial charge on any atom is -0.387 e. The summed E-state index contributed by atoms with van der Waals surface area (Å²) in [7, 11) is 1.92. The number of pyridine rings is 1. The summed E-state index contributed by atoms with van der Waals surface area (Å²) in [6, 6.07) is 2.73. The Bertz CT molecular complexity index is 338. The van der Waals surface area contributed by atoms with Crippen LogP contribution < -0.4 is 10.6 Å². The topological polar surface area (TPSA) is 37.0 Å². The lowest BCUT2D eigenvalue weighted by atomic mass is 9.86. The second kappa shape index (κ2) is 5.19. The monoisotopic (exact) mass is 219 g/mol. The van der Waals surface area contributed by atoms with Gasteiger partial charge in [0.15, 0.2) is 0 Å². The fraction of sp³-hybridized carbons (Fsp3) is 0.615. The Morgan fingerprint density at radius 3 is 2.69 bits per heavy atom. The Balaban J connectivity index is 2.01. The van der Waals surface area contributed by atoms with Gasteiger partial charge in [-0.2, -0.15) is 0 Å². The van der Waals surface area contributed by atoms with Crippen molar-refractivity contribution in [1.82, 2.24) is 4.98 Å². The van der Waals surface area contributed by atoms with Gasteiger partial charge in [-0.25, -0.2) is 0 Å². The molecule has 0 spiro atoms. The highest BCUT2D eigenvalue weighted by atomic mass is 15.0. The minimum absolute atomic E-state index is 0.614. The zero-order chi connectivity index (χ0) is 11.4. The number of hydrogen-bond acceptors (Lipinski definition) is 3. The first kappa shape index (κ1) is 11.2. The van der Waals surface area contributed by atoms with Gasteiger partial charge in [0.1, 0.15) is 0 Å². The molecule has 1 saturated carbocycles. The molecule has 3 heteroatoms. The number of anilines is 2. The standard InChI is InChI=1S/C13H21N3/c1-10-5-3-4-6-13(10)16-12-7-11(14-2)8-15-9-12/h7-10,13-14,16H,3-6H2,1-2H3. The minimum atomic E-state index is 0.614. The highest BCUT2D eigenvalue weighted by molar-refractivity contribution is 5.54. The lowest BCUT2D eigenvalue weighted by Crippen LogP contribution is -2.30. The van der Waals surface area contributed by atoms with Gasteiger partial charge in [0.2, 0.25) is 0 Å². The van der Waals surface area contributed by atoms with Crippen LogP contribution in [0.5, 0.6) is 0 Å². The maximum Gasteiger partial charge on any atom is 0.0549 e. The molecule has 2 atom stereocenters. The van der Waals surface area contributed by atoms with Crippen LogP contribution in [-0.4, -0.2) is 18.1 Å². The van der Waals surface area contributed by atoms with Gasteiger partial charge >= 0.3 is 0 Å². The summed E-state index contributed by atoms with van der Waals surface area (Å²) < 4.78 is 0. The molecule has 3 nitrogen and oxygen atoms in total. The average molecular weight is 219 g/mol. The van der Waals surface area contributed by atoms with E-state index in [9.17, 15) is 0 Å². The van der Waals surface area contributed by atoms with Gasteiger partial charge in [-0.1, -0.05) is 19.8 Å². The van der Waals surface area contributed by atoms with E-state index in [-0.39, 0.29) is 0 Å². The van der Waals surface area contributed by atoms with Gasteiger partial charge in [-0.3, -0.25) is 4.98 Å². The van der Waals surface area contributed by atoms with E-state index < -0.39 is 0 Å². The van der Waals surface area contributed by atoms with E-state index in [0.717, 1.165) is 17.3 Å². The Morgan fingerprint density at radius 2 is 1.94 bits per heavy atom. The van der Waals surface area contributed by atoms with Gasteiger partial charge in [0.05, 0.1) is 23.8 Å². The molecule has 2 N–H and O–H groups in total. The summed E-state index contributed by atoms with van der Waals surface area (Å²) in [6.45, 7) is 2.34. The fourth-order valence-corrected chi connectivity index (χ4v) is 2.40. The molecule has 1 aromatic heterocycles. The molecule has 2 unspecified atom stereocenters. The second-order valence-electron chi connectivity index (χ2n) is 4.72. The second-order valence-corrected chi connectivity index (χ2v) is 4.72. The summed E-state index contributed by atoms with van der Waals surface area (Å²) in [5, 5.41) is 6.72. The molecule has 0 radical (unpaired) electrons. The number of nitrogens with one attached hydrogen (secondary N) is 2. The van der Waals surface area contributed by atoms with Crippen LogP contribution in [0.1, 0.15) is 32.6 Å². The summed E-state index contributed by atoms with van der Waals surface area (Å²) >= 11 is 0. The van der Waals surface area contributed by atoms with Gasteiger partial charge in [-0.15, -0.1) is 0 Å². The molecule has 88 valence electrons. The van der Waals surface area contributed by atoms with Crippen LogP contribution >= 0.6 is 0 Å². The Morgan fingerprint density at radius 1 is 1.19 bits per heavy atom. The average Bonchev–Trinajstić information content (AvgIpc) is 2.32. The van der Waals surface area contributed by atoms with Gasteiger partial charge in [0, 0.05) is 13.1 Å². The highest BCUT2D eigenvalue weighted by Gasteiger charge is 2.20. The number of rotatable bonds is 3. The summed E-state index contributed by atoms with van der Waals surface area (Å²) in [6.07, 6.45) is 9.11. The van der Waals surface area contributed by atoms with Crippen molar-refractivity contribution in [2.24, 2.45) is 5.92 Å². The van der Waals surface area contributed by atoms with E-state index in [1.165, 1.54) is 25.7 Å². The molecule has 0 amide bonds. The third-order valence-electron chi connectivity index (χ3n) is 3.49. The maximum atomic E-state index is 4.22. The predicted octanol–water partition coefficient (Wildman–Crippen LogP) is 3.11. The number of nitrogens with zero attached hydrogens (tertiary/aromatic N) is 1. The van der Waals surface area contributed by atoms with Crippen molar-refractivity contribution in [1.29, 1.82) is 0 Å². The van der Waals surface area contributed by atoms with E-state index in [0.29, 0.717) is 6.04 Å². The van der Waals surface area contributed by atoms with E-state index in [4.69, 9.17) is 0 Å². The SMILES string of the molecule is CNc1cncc(NC2CCCCC2C)c1. The van der Waals surface area contributed by atoms with E-state index >= 15 is 0 Å². The lowest BCUT2D eigenvalue weighted by Gasteiger charge is -2.30. The first-order chi connectivity index (χ1) is 7.79. The van der Waals surface area contributed by atoms with Crippen LogP contribution in [0.4, 0.5) is 11.4 Å². The zero-order valence-corrected chi connectivity index (χ0v) is 10.2. The quantitative estimate of drug-likeness (QED) is 0.820. The Hall–Kier alpha value is -1.25. The van der Waals surface area contributed by atoms with Crippen LogP contribution in [0.2, 0.25) is 0 Å². The normalized spacial score (nSPS) is 25.1. The third kappa shape index (κ3) is 2.65. The number of aromatic nitrogens is 1. The van der Waals surface area contributed by atoms with E-state index in [1.54, 1.807) is 0 Å². The van der Waals surface area contributed by atoms with Crippen molar-refractivity contribution >= 4 is 11.4 Å². The van der Waals surface area contributed by atoms with Crippen LogP contribution in [0.3, 0.4) is 0 Å². The smallest absolute Gasteiger partial charge is 0.0549 e. The highest BCUT2D eigenvalue weighted by Crippen LogP contribution is 2.27. The predicted molar refractivity (Wildman–Crippen MR) is 68.8 cm³/mol. The molecular formula is C13H21N3. The van der Waals surface area contributed by atoms with Crippen LogP contribution in [0.25, 0.3) is 0 Å². The molecule has 1 aromatic rings. The molecular weight excluding hydrogens is 198 g/mol.